The van der Waals surface area contributed by atoms with E-state index < -0.39 is 0 Å². The topological polar surface area (TPSA) is 42.4 Å². The number of phenols is 1. The minimum absolute atomic E-state index is 0.150. The van der Waals surface area contributed by atoms with Crippen LogP contribution in [0.15, 0.2) is 42.5 Å². The molecule has 0 fully saturated rings. The molecule has 0 unspecified atom stereocenters. The van der Waals surface area contributed by atoms with Crippen LogP contribution in [0.1, 0.15) is 63.9 Å². The number of aromatic hydroxyl groups is 1. The lowest BCUT2D eigenvalue weighted by Crippen LogP contribution is -2.17. The largest absolute Gasteiger partial charge is 0.507 e. The van der Waals surface area contributed by atoms with Gasteiger partial charge in [-0.25, -0.2) is 4.98 Å². The molecule has 0 aliphatic carbocycles. The standard InChI is InChI=1S/C26H31NO2/c1-25(2,3)20-15-17(16-21(24(20)28)26(4,5)6)11-13-19-14-12-18-9-8-10-22(29-7)23(18)27-19/h8-16,28H,1-7H3. The lowest BCUT2D eigenvalue weighted by molar-refractivity contribution is 0.419. The Morgan fingerprint density at radius 2 is 1.48 bits per heavy atom. The normalized spacial score (nSPS) is 12.7. The van der Waals surface area contributed by atoms with Gasteiger partial charge in [-0.1, -0.05) is 65.8 Å². The summed E-state index contributed by atoms with van der Waals surface area (Å²) in [5, 5.41) is 11.9. The number of para-hydroxylation sites is 1. The highest BCUT2D eigenvalue weighted by molar-refractivity contribution is 5.86. The van der Waals surface area contributed by atoms with Gasteiger partial charge in [0.2, 0.25) is 0 Å². The molecular weight excluding hydrogens is 358 g/mol. The van der Waals surface area contributed by atoms with Crippen LogP contribution >= 0.6 is 0 Å². The van der Waals surface area contributed by atoms with E-state index in [1.807, 2.05) is 30.3 Å². The zero-order chi connectivity index (χ0) is 21.4. The minimum Gasteiger partial charge on any atom is -0.507 e. The molecule has 0 amide bonds. The van der Waals surface area contributed by atoms with Gasteiger partial charge >= 0.3 is 0 Å². The van der Waals surface area contributed by atoms with Crippen LogP contribution in [0.25, 0.3) is 23.1 Å². The van der Waals surface area contributed by atoms with Crippen LogP contribution in [-0.4, -0.2) is 17.2 Å². The van der Waals surface area contributed by atoms with Gasteiger partial charge in [0.05, 0.1) is 12.8 Å². The number of rotatable bonds is 3. The molecular formula is C26H31NO2. The van der Waals surface area contributed by atoms with E-state index >= 15 is 0 Å². The van der Waals surface area contributed by atoms with Crippen LogP contribution in [-0.2, 0) is 10.8 Å². The Morgan fingerprint density at radius 3 is 2.03 bits per heavy atom. The summed E-state index contributed by atoms with van der Waals surface area (Å²) in [6.07, 6.45) is 4.07. The van der Waals surface area contributed by atoms with Crippen molar-refractivity contribution in [3.63, 3.8) is 0 Å². The average molecular weight is 390 g/mol. The van der Waals surface area contributed by atoms with E-state index in [0.29, 0.717) is 5.75 Å². The number of phenolic OH excluding ortho intramolecular Hbond substituents is 1. The molecule has 0 spiro atoms. The van der Waals surface area contributed by atoms with Gasteiger partial charge in [-0.05, 0) is 46.7 Å². The van der Waals surface area contributed by atoms with Gasteiger partial charge in [0, 0.05) is 16.5 Å². The summed E-state index contributed by atoms with van der Waals surface area (Å²) in [7, 11) is 1.66. The van der Waals surface area contributed by atoms with E-state index in [1.54, 1.807) is 7.11 Å². The Labute approximate surface area is 174 Å². The van der Waals surface area contributed by atoms with Crippen molar-refractivity contribution in [2.24, 2.45) is 0 Å². The minimum atomic E-state index is -0.150. The van der Waals surface area contributed by atoms with Crippen molar-refractivity contribution >= 4 is 23.1 Å². The first-order valence-electron chi connectivity index (χ1n) is 10.0. The maximum absolute atomic E-state index is 10.9. The highest BCUT2D eigenvalue weighted by Gasteiger charge is 2.26. The number of nitrogens with zero attached hydrogens (tertiary/aromatic N) is 1. The molecule has 0 aliphatic heterocycles. The number of methoxy groups -OCH3 is 1. The quantitative estimate of drug-likeness (QED) is 0.541. The van der Waals surface area contributed by atoms with Gasteiger partial charge in [-0.2, -0.15) is 0 Å². The van der Waals surface area contributed by atoms with Crippen molar-refractivity contribution in [2.75, 3.05) is 7.11 Å². The number of aromatic nitrogens is 1. The molecule has 3 nitrogen and oxygen atoms in total. The van der Waals surface area contributed by atoms with Crippen molar-refractivity contribution in [1.29, 1.82) is 0 Å². The fraction of sp³-hybridized carbons (Fsp3) is 0.346. The van der Waals surface area contributed by atoms with Crippen molar-refractivity contribution < 1.29 is 9.84 Å². The Balaban J connectivity index is 2.08. The fourth-order valence-electron chi connectivity index (χ4n) is 3.47. The Hall–Kier alpha value is -2.81. The molecule has 0 atom stereocenters. The van der Waals surface area contributed by atoms with Crippen LogP contribution < -0.4 is 4.74 Å². The lowest BCUT2D eigenvalue weighted by atomic mass is 9.78. The Bertz CT molecular complexity index is 1030. The molecule has 152 valence electrons. The van der Waals surface area contributed by atoms with Gasteiger partial charge in [0.1, 0.15) is 17.0 Å². The number of benzene rings is 2. The predicted molar refractivity (Wildman–Crippen MR) is 123 cm³/mol. The number of pyridine rings is 1. The summed E-state index contributed by atoms with van der Waals surface area (Å²) in [6.45, 7) is 12.7. The third kappa shape index (κ3) is 4.45. The summed E-state index contributed by atoms with van der Waals surface area (Å²) in [4.78, 5) is 4.76. The van der Waals surface area contributed by atoms with E-state index in [9.17, 15) is 5.11 Å². The van der Waals surface area contributed by atoms with Gasteiger partial charge in [0.25, 0.3) is 0 Å². The van der Waals surface area contributed by atoms with Crippen LogP contribution in [0.3, 0.4) is 0 Å². The summed E-state index contributed by atoms with van der Waals surface area (Å²) in [5.74, 6) is 1.17. The second-order valence-corrected chi connectivity index (χ2v) is 9.57. The van der Waals surface area contributed by atoms with Crippen LogP contribution in [0.5, 0.6) is 11.5 Å². The smallest absolute Gasteiger partial charge is 0.145 e. The maximum atomic E-state index is 10.9. The molecule has 0 saturated carbocycles. The highest BCUT2D eigenvalue weighted by Crippen LogP contribution is 2.40. The van der Waals surface area contributed by atoms with Crippen molar-refractivity contribution in [1.82, 2.24) is 4.98 Å². The second-order valence-electron chi connectivity index (χ2n) is 9.57. The SMILES string of the molecule is COc1cccc2ccc(C=Cc3cc(C(C)(C)C)c(O)c(C(C)(C)C)c3)nc12. The highest BCUT2D eigenvalue weighted by atomic mass is 16.5. The van der Waals surface area contributed by atoms with Crippen molar-refractivity contribution in [2.45, 2.75) is 52.4 Å². The molecule has 0 radical (unpaired) electrons. The van der Waals surface area contributed by atoms with Crippen molar-refractivity contribution in [3.05, 3.63) is 64.8 Å². The summed E-state index contributed by atoms with van der Waals surface area (Å²) in [5.41, 5.74) is 4.39. The first kappa shape index (κ1) is 20.9. The van der Waals surface area contributed by atoms with Gasteiger partial charge in [-0.3, -0.25) is 0 Å². The molecule has 1 heterocycles. The molecule has 1 N–H and O–H groups in total. The number of fused-ring (bicyclic) bond motifs is 1. The Kier molecular flexibility index (Phi) is 5.44. The second kappa shape index (κ2) is 7.55. The third-order valence-electron chi connectivity index (χ3n) is 5.12. The maximum Gasteiger partial charge on any atom is 0.145 e. The molecule has 1 aromatic heterocycles. The zero-order valence-corrected chi connectivity index (χ0v) is 18.5. The number of ether oxygens (including phenoxy) is 1. The van der Waals surface area contributed by atoms with E-state index in [1.165, 1.54) is 0 Å². The number of hydrogen-bond acceptors (Lipinski definition) is 3. The van der Waals surface area contributed by atoms with Crippen LogP contribution in [0.4, 0.5) is 0 Å². The first-order chi connectivity index (χ1) is 13.5. The van der Waals surface area contributed by atoms with E-state index in [-0.39, 0.29) is 10.8 Å². The lowest BCUT2D eigenvalue weighted by Gasteiger charge is -2.27. The monoisotopic (exact) mass is 389 g/mol. The van der Waals surface area contributed by atoms with E-state index in [0.717, 1.165) is 39.0 Å². The molecule has 2 aromatic carbocycles. The van der Waals surface area contributed by atoms with Gasteiger partial charge < -0.3 is 9.84 Å². The van der Waals surface area contributed by atoms with E-state index in [4.69, 9.17) is 9.72 Å². The van der Waals surface area contributed by atoms with Gasteiger partial charge in [0.15, 0.2) is 0 Å². The molecule has 0 saturated heterocycles. The van der Waals surface area contributed by atoms with Crippen LogP contribution in [0, 0.1) is 0 Å². The molecule has 29 heavy (non-hydrogen) atoms. The Morgan fingerprint density at radius 1 is 0.862 bits per heavy atom. The van der Waals surface area contributed by atoms with Crippen molar-refractivity contribution in [3.8, 4) is 11.5 Å². The first-order valence-corrected chi connectivity index (χ1v) is 10.0. The molecule has 3 rings (SSSR count). The fourth-order valence-corrected chi connectivity index (χ4v) is 3.47. The van der Waals surface area contributed by atoms with Crippen LogP contribution in [0.2, 0.25) is 0 Å². The third-order valence-corrected chi connectivity index (χ3v) is 5.12. The molecule has 0 aliphatic rings. The summed E-state index contributed by atoms with van der Waals surface area (Å²) >= 11 is 0. The molecule has 3 heteroatoms. The zero-order valence-electron chi connectivity index (χ0n) is 18.5. The van der Waals surface area contributed by atoms with Gasteiger partial charge in [-0.15, -0.1) is 0 Å². The molecule has 0 bridgehead atoms. The summed E-state index contributed by atoms with van der Waals surface area (Å²) < 4.78 is 5.45. The molecule has 3 aromatic rings. The average Bonchev–Trinajstić information content (AvgIpc) is 2.64. The number of hydrogen-bond donors (Lipinski definition) is 1. The predicted octanol–water partition coefficient (Wildman–Crippen LogP) is 6.71. The summed E-state index contributed by atoms with van der Waals surface area (Å²) in [6, 6.07) is 14.1. The van der Waals surface area contributed by atoms with E-state index in [2.05, 4.69) is 65.8 Å².